The lowest BCUT2D eigenvalue weighted by Gasteiger charge is -2.26. The highest BCUT2D eigenvalue weighted by Crippen LogP contribution is 2.18. The Bertz CT molecular complexity index is 448. The van der Waals surface area contributed by atoms with E-state index in [4.69, 9.17) is 10.5 Å². The number of benzene rings is 1. The maximum atomic E-state index is 12.0. The summed E-state index contributed by atoms with van der Waals surface area (Å²) >= 11 is 3.34. The fraction of sp³-hybridized carbons (Fsp3) is 0.462. The lowest BCUT2D eigenvalue weighted by molar-refractivity contribution is 0.0383. The number of amides is 1. The highest BCUT2D eigenvalue weighted by atomic mass is 79.9. The van der Waals surface area contributed by atoms with Gasteiger partial charge in [-0.25, -0.2) is 0 Å². The molecule has 0 atom stereocenters. The van der Waals surface area contributed by atoms with Gasteiger partial charge in [0.15, 0.2) is 0 Å². The van der Waals surface area contributed by atoms with E-state index in [2.05, 4.69) is 26.1 Å². The van der Waals surface area contributed by atoms with Gasteiger partial charge in [0, 0.05) is 36.3 Å². The van der Waals surface area contributed by atoms with Crippen molar-refractivity contribution >= 4 is 27.5 Å². The summed E-state index contributed by atoms with van der Waals surface area (Å²) in [5.74, 6) is -0.132. The van der Waals surface area contributed by atoms with E-state index in [0.717, 1.165) is 37.3 Å². The number of carbonyl (C=O) groups excluding carboxylic acids is 1. The van der Waals surface area contributed by atoms with Gasteiger partial charge in [-0.3, -0.25) is 9.69 Å². The molecule has 1 aromatic rings. The molecule has 1 amide bonds. The van der Waals surface area contributed by atoms with Crippen LogP contribution in [0.25, 0.3) is 0 Å². The van der Waals surface area contributed by atoms with E-state index in [-0.39, 0.29) is 5.91 Å². The Morgan fingerprint density at radius 2 is 2.16 bits per heavy atom. The van der Waals surface area contributed by atoms with Gasteiger partial charge < -0.3 is 15.8 Å². The van der Waals surface area contributed by atoms with Gasteiger partial charge in [-0.05, 0) is 18.2 Å². The molecule has 0 saturated carbocycles. The molecule has 0 aromatic heterocycles. The van der Waals surface area contributed by atoms with Gasteiger partial charge in [0.05, 0.1) is 18.8 Å². The van der Waals surface area contributed by atoms with Crippen LogP contribution in [0.1, 0.15) is 10.4 Å². The number of nitrogens with zero attached hydrogens (tertiary/aromatic N) is 1. The van der Waals surface area contributed by atoms with Gasteiger partial charge in [-0.1, -0.05) is 15.9 Å². The van der Waals surface area contributed by atoms with Crippen LogP contribution in [-0.2, 0) is 4.74 Å². The molecule has 0 spiro atoms. The van der Waals surface area contributed by atoms with Crippen molar-refractivity contribution in [2.45, 2.75) is 0 Å². The average molecular weight is 328 g/mol. The van der Waals surface area contributed by atoms with Gasteiger partial charge in [0.25, 0.3) is 5.91 Å². The molecule has 1 aliphatic rings. The molecule has 5 nitrogen and oxygen atoms in total. The van der Waals surface area contributed by atoms with Crippen LogP contribution in [0.4, 0.5) is 5.69 Å². The molecule has 0 aliphatic carbocycles. The lowest BCUT2D eigenvalue weighted by atomic mass is 10.1. The molecule has 6 heteroatoms. The van der Waals surface area contributed by atoms with E-state index in [9.17, 15) is 4.79 Å². The molecule has 1 aliphatic heterocycles. The number of nitrogen functional groups attached to an aromatic ring is 1. The fourth-order valence-electron chi connectivity index (χ4n) is 1.97. The average Bonchev–Trinajstić information content (AvgIpc) is 2.42. The molecule has 104 valence electrons. The van der Waals surface area contributed by atoms with Crippen LogP contribution in [0.2, 0.25) is 0 Å². The summed E-state index contributed by atoms with van der Waals surface area (Å²) in [5.41, 5.74) is 6.80. The standard InChI is InChI=1S/C13H18BrN3O2/c14-10-1-2-12(15)11(9-10)13(18)16-3-4-17-5-7-19-8-6-17/h1-2,9H,3-8,15H2,(H,16,18). The van der Waals surface area contributed by atoms with Gasteiger partial charge in [-0.15, -0.1) is 0 Å². The largest absolute Gasteiger partial charge is 0.398 e. The van der Waals surface area contributed by atoms with Crippen molar-refractivity contribution in [3.05, 3.63) is 28.2 Å². The SMILES string of the molecule is Nc1ccc(Br)cc1C(=O)NCCN1CCOCC1. The molecule has 0 radical (unpaired) electrons. The van der Waals surface area contributed by atoms with E-state index in [1.165, 1.54) is 0 Å². The van der Waals surface area contributed by atoms with Crippen LogP contribution in [0.5, 0.6) is 0 Å². The second-order valence-electron chi connectivity index (χ2n) is 4.44. The second kappa shape index (κ2) is 6.88. The summed E-state index contributed by atoms with van der Waals surface area (Å²) < 4.78 is 6.12. The van der Waals surface area contributed by atoms with Gasteiger partial charge in [-0.2, -0.15) is 0 Å². The van der Waals surface area contributed by atoms with Gasteiger partial charge >= 0.3 is 0 Å². The van der Waals surface area contributed by atoms with Crippen LogP contribution in [0.15, 0.2) is 22.7 Å². The first-order valence-corrected chi connectivity index (χ1v) is 7.09. The summed E-state index contributed by atoms with van der Waals surface area (Å²) in [6.45, 7) is 4.84. The van der Waals surface area contributed by atoms with Crippen LogP contribution in [-0.4, -0.2) is 50.2 Å². The van der Waals surface area contributed by atoms with Crippen molar-refractivity contribution in [3.8, 4) is 0 Å². The molecule has 19 heavy (non-hydrogen) atoms. The first kappa shape index (κ1) is 14.3. The first-order chi connectivity index (χ1) is 9.16. The first-order valence-electron chi connectivity index (χ1n) is 6.30. The van der Waals surface area contributed by atoms with E-state index in [0.29, 0.717) is 17.8 Å². The highest BCUT2D eigenvalue weighted by Gasteiger charge is 2.12. The number of morpholine rings is 1. The minimum atomic E-state index is -0.132. The number of nitrogens with one attached hydrogen (secondary N) is 1. The predicted molar refractivity (Wildman–Crippen MR) is 78.1 cm³/mol. The maximum absolute atomic E-state index is 12.0. The summed E-state index contributed by atoms with van der Waals surface area (Å²) in [6.07, 6.45) is 0. The molecule has 1 aromatic carbocycles. The third kappa shape index (κ3) is 4.19. The van der Waals surface area contributed by atoms with Crippen molar-refractivity contribution in [3.63, 3.8) is 0 Å². The van der Waals surface area contributed by atoms with Crippen molar-refractivity contribution < 1.29 is 9.53 Å². The third-order valence-corrected chi connectivity index (χ3v) is 3.57. The monoisotopic (exact) mass is 327 g/mol. The minimum absolute atomic E-state index is 0.132. The number of halogens is 1. The van der Waals surface area contributed by atoms with Crippen molar-refractivity contribution in [2.75, 3.05) is 45.1 Å². The molecule has 2 rings (SSSR count). The van der Waals surface area contributed by atoms with E-state index >= 15 is 0 Å². The summed E-state index contributed by atoms with van der Waals surface area (Å²) in [4.78, 5) is 14.3. The summed E-state index contributed by atoms with van der Waals surface area (Å²) in [5, 5.41) is 2.89. The highest BCUT2D eigenvalue weighted by molar-refractivity contribution is 9.10. The predicted octanol–water partition coefficient (Wildman–Crippen LogP) is 1.09. The van der Waals surface area contributed by atoms with Crippen molar-refractivity contribution in [2.24, 2.45) is 0 Å². The number of carbonyl (C=O) groups is 1. The Kier molecular flexibility index (Phi) is 5.18. The molecule has 3 N–H and O–H groups in total. The lowest BCUT2D eigenvalue weighted by Crippen LogP contribution is -2.41. The number of anilines is 1. The Labute approximate surface area is 121 Å². The zero-order valence-corrected chi connectivity index (χ0v) is 12.3. The van der Waals surface area contributed by atoms with Crippen LogP contribution >= 0.6 is 15.9 Å². The quantitative estimate of drug-likeness (QED) is 0.812. The topological polar surface area (TPSA) is 67.6 Å². The zero-order chi connectivity index (χ0) is 13.7. The van der Waals surface area contributed by atoms with Crippen LogP contribution in [0, 0.1) is 0 Å². The molecular weight excluding hydrogens is 310 g/mol. The molecule has 1 fully saturated rings. The summed E-state index contributed by atoms with van der Waals surface area (Å²) in [6, 6.07) is 5.28. The van der Waals surface area contributed by atoms with Crippen molar-refractivity contribution in [1.82, 2.24) is 10.2 Å². The number of rotatable bonds is 4. The Morgan fingerprint density at radius 3 is 2.89 bits per heavy atom. The zero-order valence-electron chi connectivity index (χ0n) is 10.7. The number of nitrogens with two attached hydrogens (primary N) is 1. The number of hydrogen-bond donors (Lipinski definition) is 2. The molecule has 0 unspecified atom stereocenters. The smallest absolute Gasteiger partial charge is 0.253 e. The third-order valence-electron chi connectivity index (χ3n) is 3.08. The summed E-state index contributed by atoms with van der Waals surface area (Å²) in [7, 11) is 0. The van der Waals surface area contributed by atoms with E-state index < -0.39 is 0 Å². The number of hydrogen-bond acceptors (Lipinski definition) is 4. The van der Waals surface area contributed by atoms with Gasteiger partial charge in [0.1, 0.15) is 0 Å². The Hall–Kier alpha value is -1.11. The Balaban J connectivity index is 1.82. The number of ether oxygens (including phenoxy) is 1. The van der Waals surface area contributed by atoms with Crippen LogP contribution < -0.4 is 11.1 Å². The molecule has 0 bridgehead atoms. The maximum Gasteiger partial charge on any atom is 0.253 e. The molecule has 1 saturated heterocycles. The fourth-order valence-corrected chi connectivity index (χ4v) is 2.33. The van der Waals surface area contributed by atoms with Crippen LogP contribution in [0.3, 0.4) is 0 Å². The second-order valence-corrected chi connectivity index (χ2v) is 5.36. The Morgan fingerprint density at radius 1 is 1.42 bits per heavy atom. The van der Waals surface area contributed by atoms with E-state index in [1.807, 2.05) is 6.07 Å². The minimum Gasteiger partial charge on any atom is -0.398 e. The van der Waals surface area contributed by atoms with Gasteiger partial charge in [0.2, 0.25) is 0 Å². The molecular formula is C13H18BrN3O2. The normalized spacial score (nSPS) is 16.3. The molecule has 1 heterocycles. The van der Waals surface area contributed by atoms with Crippen molar-refractivity contribution in [1.29, 1.82) is 0 Å². The van der Waals surface area contributed by atoms with E-state index in [1.54, 1.807) is 12.1 Å².